The first kappa shape index (κ1) is 15.7. The Balaban J connectivity index is 2.75. The van der Waals surface area contributed by atoms with Crippen molar-refractivity contribution in [3.05, 3.63) is 35.4 Å². The summed E-state index contributed by atoms with van der Waals surface area (Å²) >= 11 is 0. The standard InChI is InChI=1S/C15H26N4/c1-4-9-19(11-10-18(2)3)12-13-7-5-6-8-14(13)15(16)17/h5-8H,4,9-12H2,1-3H3,(H3,16,17). The summed E-state index contributed by atoms with van der Waals surface area (Å²) in [5.74, 6) is 0.152. The molecule has 0 spiro atoms. The van der Waals surface area contributed by atoms with E-state index in [2.05, 4.69) is 36.9 Å². The van der Waals surface area contributed by atoms with Crippen molar-refractivity contribution in [2.24, 2.45) is 5.73 Å². The van der Waals surface area contributed by atoms with Crippen molar-refractivity contribution in [2.75, 3.05) is 33.7 Å². The van der Waals surface area contributed by atoms with E-state index in [1.807, 2.05) is 18.2 Å². The first-order valence-electron chi connectivity index (χ1n) is 6.84. The fraction of sp³-hybridized carbons (Fsp3) is 0.533. The van der Waals surface area contributed by atoms with Crippen LogP contribution in [0.25, 0.3) is 0 Å². The Kier molecular flexibility index (Phi) is 6.53. The number of hydrogen-bond acceptors (Lipinski definition) is 3. The van der Waals surface area contributed by atoms with Crippen LogP contribution in [0, 0.1) is 5.41 Å². The minimum atomic E-state index is 0.152. The van der Waals surface area contributed by atoms with Crippen molar-refractivity contribution in [3.8, 4) is 0 Å². The Morgan fingerprint density at radius 2 is 1.84 bits per heavy atom. The topological polar surface area (TPSA) is 56.4 Å². The second-order valence-electron chi connectivity index (χ2n) is 5.15. The lowest BCUT2D eigenvalue weighted by molar-refractivity contribution is 0.234. The maximum absolute atomic E-state index is 7.64. The molecule has 0 saturated carbocycles. The molecule has 0 aromatic heterocycles. The molecule has 0 amide bonds. The Bertz CT molecular complexity index is 401. The number of hydrogen-bond donors (Lipinski definition) is 2. The van der Waals surface area contributed by atoms with Gasteiger partial charge in [0.2, 0.25) is 0 Å². The van der Waals surface area contributed by atoms with Crippen LogP contribution in [0.3, 0.4) is 0 Å². The van der Waals surface area contributed by atoms with Crippen LogP contribution in [-0.4, -0.2) is 49.4 Å². The number of nitrogens with zero attached hydrogens (tertiary/aromatic N) is 2. The minimum Gasteiger partial charge on any atom is -0.384 e. The lowest BCUT2D eigenvalue weighted by atomic mass is 10.1. The Labute approximate surface area is 116 Å². The van der Waals surface area contributed by atoms with Crippen molar-refractivity contribution < 1.29 is 0 Å². The van der Waals surface area contributed by atoms with E-state index in [0.717, 1.165) is 43.7 Å². The van der Waals surface area contributed by atoms with Gasteiger partial charge in [0.15, 0.2) is 0 Å². The van der Waals surface area contributed by atoms with Gasteiger partial charge in [-0.25, -0.2) is 0 Å². The molecule has 4 nitrogen and oxygen atoms in total. The number of benzene rings is 1. The molecular formula is C15H26N4. The van der Waals surface area contributed by atoms with Crippen molar-refractivity contribution >= 4 is 5.84 Å². The van der Waals surface area contributed by atoms with Crippen LogP contribution in [0.2, 0.25) is 0 Å². The molecule has 106 valence electrons. The van der Waals surface area contributed by atoms with Crippen LogP contribution in [0.1, 0.15) is 24.5 Å². The second-order valence-corrected chi connectivity index (χ2v) is 5.15. The van der Waals surface area contributed by atoms with E-state index >= 15 is 0 Å². The third kappa shape index (κ3) is 5.41. The predicted octanol–water partition coefficient (Wildman–Crippen LogP) is 1.74. The van der Waals surface area contributed by atoms with Gasteiger partial charge in [-0.05, 0) is 32.6 Å². The summed E-state index contributed by atoms with van der Waals surface area (Å²) < 4.78 is 0. The molecule has 0 fully saturated rings. The SMILES string of the molecule is CCCN(CCN(C)C)Cc1ccccc1C(=N)N. The third-order valence-electron chi connectivity index (χ3n) is 3.10. The molecule has 4 heteroatoms. The summed E-state index contributed by atoms with van der Waals surface area (Å²) in [6, 6.07) is 7.94. The molecule has 0 heterocycles. The maximum atomic E-state index is 7.64. The van der Waals surface area contributed by atoms with Gasteiger partial charge in [-0.3, -0.25) is 10.3 Å². The van der Waals surface area contributed by atoms with Gasteiger partial charge in [-0.1, -0.05) is 31.2 Å². The molecule has 1 aromatic carbocycles. The number of nitrogen functional groups attached to an aromatic ring is 1. The molecule has 0 unspecified atom stereocenters. The molecule has 0 radical (unpaired) electrons. The van der Waals surface area contributed by atoms with Gasteiger partial charge < -0.3 is 10.6 Å². The number of likely N-dealkylation sites (N-methyl/N-ethyl adjacent to an activating group) is 1. The van der Waals surface area contributed by atoms with Crippen LogP contribution < -0.4 is 5.73 Å². The Hall–Kier alpha value is -1.39. The molecule has 0 bridgehead atoms. The lowest BCUT2D eigenvalue weighted by Gasteiger charge is -2.24. The second kappa shape index (κ2) is 7.92. The van der Waals surface area contributed by atoms with Crippen molar-refractivity contribution in [2.45, 2.75) is 19.9 Å². The predicted molar refractivity (Wildman–Crippen MR) is 81.6 cm³/mol. The number of amidine groups is 1. The number of nitrogens with one attached hydrogen (secondary N) is 1. The monoisotopic (exact) mass is 262 g/mol. The minimum absolute atomic E-state index is 0.152. The summed E-state index contributed by atoms with van der Waals surface area (Å²) in [5.41, 5.74) is 7.64. The highest BCUT2D eigenvalue weighted by Gasteiger charge is 2.10. The summed E-state index contributed by atoms with van der Waals surface area (Å²) in [5, 5.41) is 7.64. The molecule has 3 N–H and O–H groups in total. The van der Waals surface area contributed by atoms with Crippen LogP contribution in [0.5, 0.6) is 0 Å². The highest BCUT2D eigenvalue weighted by atomic mass is 15.2. The van der Waals surface area contributed by atoms with Gasteiger partial charge in [0.25, 0.3) is 0 Å². The lowest BCUT2D eigenvalue weighted by Crippen LogP contribution is -2.32. The van der Waals surface area contributed by atoms with E-state index in [4.69, 9.17) is 11.1 Å². The van der Waals surface area contributed by atoms with Crippen LogP contribution in [-0.2, 0) is 6.54 Å². The van der Waals surface area contributed by atoms with E-state index in [-0.39, 0.29) is 5.84 Å². The van der Waals surface area contributed by atoms with Gasteiger partial charge >= 0.3 is 0 Å². The Morgan fingerprint density at radius 1 is 1.16 bits per heavy atom. The zero-order valence-electron chi connectivity index (χ0n) is 12.3. The van der Waals surface area contributed by atoms with Crippen molar-refractivity contribution in [1.29, 1.82) is 5.41 Å². The normalized spacial score (nSPS) is 11.2. The van der Waals surface area contributed by atoms with E-state index in [1.165, 1.54) is 0 Å². The van der Waals surface area contributed by atoms with Crippen LogP contribution >= 0.6 is 0 Å². The first-order valence-corrected chi connectivity index (χ1v) is 6.84. The number of nitrogens with two attached hydrogens (primary N) is 1. The van der Waals surface area contributed by atoms with Crippen LogP contribution in [0.15, 0.2) is 24.3 Å². The van der Waals surface area contributed by atoms with E-state index in [1.54, 1.807) is 0 Å². The molecule has 1 aromatic rings. The first-order chi connectivity index (χ1) is 9.04. The molecule has 1 rings (SSSR count). The fourth-order valence-corrected chi connectivity index (χ4v) is 2.09. The summed E-state index contributed by atoms with van der Waals surface area (Å²) in [6.45, 7) is 6.20. The highest BCUT2D eigenvalue weighted by Crippen LogP contribution is 2.11. The van der Waals surface area contributed by atoms with Gasteiger partial charge in [-0.15, -0.1) is 0 Å². The summed E-state index contributed by atoms with van der Waals surface area (Å²) in [4.78, 5) is 4.61. The quantitative estimate of drug-likeness (QED) is 0.554. The fourth-order valence-electron chi connectivity index (χ4n) is 2.09. The molecule has 0 aliphatic carbocycles. The van der Waals surface area contributed by atoms with Gasteiger partial charge in [0.1, 0.15) is 5.84 Å². The average molecular weight is 262 g/mol. The smallest absolute Gasteiger partial charge is 0.123 e. The van der Waals surface area contributed by atoms with Gasteiger partial charge in [0.05, 0.1) is 0 Å². The summed E-state index contributed by atoms with van der Waals surface area (Å²) in [6.07, 6.45) is 1.13. The zero-order valence-corrected chi connectivity index (χ0v) is 12.3. The zero-order chi connectivity index (χ0) is 14.3. The van der Waals surface area contributed by atoms with Crippen molar-refractivity contribution in [3.63, 3.8) is 0 Å². The highest BCUT2D eigenvalue weighted by molar-refractivity contribution is 5.96. The van der Waals surface area contributed by atoms with E-state index in [0.29, 0.717) is 0 Å². The van der Waals surface area contributed by atoms with Crippen molar-refractivity contribution in [1.82, 2.24) is 9.80 Å². The molecular weight excluding hydrogens is 236 g/mol. The molecule has 0 aliphatic rings. The van der Waals surface area contributed by atoms with Gasteiger partial charge in [-0.2, -0.15) is 0 Å². The largest absolute Gasteiger partial charge is 0.384 e. The van der Waals surface area contributed by atoms with Crippen LogP contribution in [0.4, 0.5) is 0 Å². The van der Waals surface area contributed by atoms with Gasteiger partial charge in [0, 0.05) is 25.2 Å². The molecule has 0 saturated heterocycles. The summed E-state index contributed by atoms with van der Waals surface area (Å²) in [7, 11) is 4.18. The molecule has 19 heavy (non-hydrogen) atoms. The van der Waals surface area contributed by atoms with E-state index < -0.39 is 0 Å². The van der Waals surface area contributed by atoms with E-state index in [9.17, 15) is 0 Å². The molecule has 0 atom stereocenters. The molecule has 0 aliphatic heterocycles. The Morgan fingerprint density at radius 3 is 2.42 bits per heavy atom. The number of rotatable bonds is 8. The third-order valence-corrected chi connectivity index (χ3v) is 3.10. The average Bonchev–Trinajstić information content (AvgIpc) is 2.36. The maximum Gasteiger partial charge on any atom is 0.123 e.